The smallest absolute Gasteiger partial charge is 0.268 e. The largest absolute Gasteiger partial charge is 0.345 e. The van der Waals surface area contributed by atoms with E-state index in [9.17, 15) is 9.59 Å². The standard InChI is InChI=1S/C15H16Cl2IN3O2/c1-21(2,3)5-4-19-15(23)12-8-13(22)14-10(17)6-9(16)7-11(14)20(12)18/h6-8H,4-5H2,1-3H3/p+1. The first kappa shape index (κ1) is 18.5. The predicted molar refractivity (Wildman–Crippen MR) is 103 cm³/mol. The molecule has 1 heterocycles. The summed E-state index contributed by atoms with van der Waals surface area (Å²) in [6.07, 6.45) is 0. The third-order valence-corrected chi connectivity index (χ3v) is 4.83. The van der Waals surface area contributed by atoms with E-state index in [4.69, 9.17) is 23.2 Å². The second kappa shape index (κ2) is 6.96. The molecule has 1 amide bonds. The summed E-state index contributed by atoms with van der Waals surface area (Å²) in [6.45, 7) is 1.30. The van der Waals surface area contributed by atoms with Crippen LogP contribution in [0.4, 0.5) is 0 Å². The normalized spacial score (nSPS) is 11.7. The van der Waals surface area contributed by atoms with E-state index in [1.165, 1.54) is 12.1 Å². The fraction of sp³-hybridized carbons (Fsp3) is 0.333. The van der Waals surface area contributed by atoms with E-state index in [-0.39, 0.29) is 22.1 Å². The van der Waals surface area contributed by atoms with Crippen molar-refractivity contribution in [3.05, 3.63) is 44.2 Å². The molecule has 0 saturated heterocycles. The molecular weight excluding hydrogens is 452 g/mol. The zero-order valence-corrected chi connectivity index (χ0v) is 16.7. The van der Waals surface area contributed by atoms with Crippen molar-refractivity contribution in [3.63, 3.8) is 0 Å². The Balaban J connectivity index is 2.41. The van der Waals surface area contributed by atoms with Gasteiger partial charge in [0.25, 0.3) is 5.91 Å². The Morgan fingerprint density at radius 3 is 2.52 bits per heavy atom. The maximum atomic E-state index is 12.4. The minimum absolute atomic E-state index is 0.267. The van der Waals surface area contributed by atoms with Gasteiger partial charge in [0.05, 0.1) is 73.0 Å². The van der Waals surface area contributed by atoms with Crippen molar-refractivity contribution in [1.29, 1.82) is 0 Å². The molecule has 8 heteroatoms. The number of hydrogen-bond acceptors (Lipinski definition) is 2. The van der Waals surface area contributed by atoms with Crippen molar-refractivity contribution in [2.24, 2.45) is 0 Å². The van der Waals surface area contributed by atoms with Crippen molar-refractivity contribution in [1.82, 2.24) is 8.10 Å². The highest BCUT2D eigenvalue weighted by Crippen LogP contribution is 2.27. The lowest BCUT2D eigenvalue weighted by molar-refractivity contribution is -0.869. The van der Waals surface area contributed by atoms with Gasteiger partial charge >= 0.3 is 0 Å². The number of amides is 1. The van der Waals surface area contributed by atoms with E-state index in [0.717, 1.165) is 11.0 Å². The van der Waals surface area contributed by atoms with Gasteiger partial charge in [0.15, 0.2) is 5.43 Å². The van der Waals surface area contributed by atoms with Gasteiger partial charge in [-0.3, -0.25) is 12.4 Å². The van der Waals surface area contributed by atoms with Crippen LogP contribution in [-0.2, 0) is 0 Å². The van der Waals surface area contributed by atoms with Crippen LogP contribution in [0.15, 0.2) is 23.0 Å². The molecular formula is C15H17Cl2IN3O2+. The molecule has 0 fully saturated rings. The minimum Gasteiger partial charge on any atom is -0.345 e. The molecule has 0 saturated carbocycles. The minimum atomic E-state index is -0.303. The lowest BCUT2D eigenvalue weighted by Gasteiger charge is -2.23. The lowest BCUT2D eigenvalue weighted by atomic mass is 10.2. The average Bonchev–Trinajstić information content (AvgIpc) is 2.40. The average molecular weight is 469 g/mol. The molecule has 0 aliphatic heterocycles. The number of likely N-dealkylation sites (N-methyl/N-ethyl adjacent to an activating group) is 1. The zero-order chi connectivity index (χ0) is 17.4. The number of halogens is 3. The third kappa shape index (κ3) is 4.37. The molecule has 1 N–H and O–H groups in total. The molecule has 2 rings (SSSR count). The van der Waals surface area contributed by atoms with Crippen molar-refractivity contribution in [3.8, 4) is 0 Å². The molecule has 0 bridgehead atoms. The molecule has 5 nitrogen and oxygen atoms in total. The van der Waals surface area contributed by atoms with Crippen molar-refractivity contribution >= 4 is 62.9 Å². The number of carbonyl (C=O) groups is 1. The number of benzene rings is 1. The van der Waals surface area contributed by atoms with Gasteiger partial charge in [-0.25, -0.2) is 0 Å². The van der Waals surface area contributed by atoms with Crippen LogP contribution in [0.25, 0.3) is 10.9 Å². The van der Waals surface area contributed by atoms with E-state index < -0.39 is 0 Å². The molecule has 1 aromatic heterocycles. The summed E-state index contributed by atoms with van der Waals surface area (Å²) in [5, 5.41) is 3.88. The topological polar surface area (TPSA) is 51.1 Å². The van der Waals surface area contributed by atoms with Gasteiger partial charge in [-0.1, -0.05) is 23.2 Å². The fourth-order valence-electron chi connectivity index (χ4n) is 2.09. The summed E-state index contributed by atoms with van der Waals surface area (Å²) in [4.78, 5) is 24.7. The van der Waals surface area contributed by atoms with E-state index in [2.05, 4.69) is 5.32 Å². The quantitative estimate of drug-likeness (QED) is 0.554. The van der Waals surface area contributed by atoms with Crippen molar-refractivity contribution < 1.29 is 9.28 Å². The Kier molecular flexibility index (Phi) is 5.60. The number of rotatable bonds is 4. The lowest BCUT2D eigenvalue weighted by Crippen LogP contribution is -2.42. The summed E-state index contributed by atoms with van der Waals surface area (Å²) < 4.78 is 2.34. The maximum absolute atomic E-state index is 12.4. The summed E-state index contributed by atoms with van der Waals surface area (Å²) in [5.41, 5.74) is 0.488. The van der Waals surface area contributed by atoms with E-state index in [0.29, 0.717) is 22.5 Å². The number of quaternary nitrogens is 1. The van der Waals surface area contributed by atoms with Crippen LogP contribution in [0.5, 0.6) is 0 Å². The SMILES string of the molecule is C[N+](C)(C)CCNC(=O)c1cc(=O)c2c(Cl)cc(Cl)cc2n1I. The highest BCUT2D eigenvalue weighted by Gasteiger charge is 2.17. The molecule has 23 heavy (non-hydrogen) atoms. The Hall–Kier alpha value is -0.830. The number of aromatic nitrogens is 1. The molecule has 0 unspecified atom stereocenters. The molecule has 1 aromatic carbocycles. The Morgan fingerprint density at radius 1 is 1.26 bits per heavy atom. The number of nitrogens with zero attached hydrogens (tertiary/aromatic N) is 2. The molecule has 124 valence electrons. The Bertz CT molecular complexity index is 828. The van der Waals surface area contributed by atoms with Gasteiger partial charge in [-0.05, 0) is 12.1 Å². The zero-order valence-electron chi connectivity index (χ0n) is 13.0. The number of nitrogens with one attached hydrogen (secondary N) is 1. The van der Waals surface area contributed by atoms with E-state index in [1.54, 1.807) is 8.85 Å². The molecule has 0 aliphatic rings. The second-order valence-corrected chi connectivity index (χ2v) is 8.03. The maximum Gasteiger partial charge on any atom is 0.268 e. The van der Waals surface area contributed by atoms with Crippen molar-refractivity contribution in [2.45, 2.75) is 0 Å². The summed E-state index contributed by atoms with van der Waals surface area (Å²) in [6, 6.07) is 4.44. The second-order valence-electron chi connectivity index (χ2n) is 6.23. The van der Waals surface area contributed by atoms with Crippen LogP contribution >= 0.6 is 46.1 Å². The molecule has 0 aliphatic carbocycles. The molecule has 0 atom stereocenters. The highest BCUT2D eigenvalue weighted by molar-refractivity contribution is 14.1. The van der Waals surface area contributed by atoms with Crippen LogP contribution in [0.1, 0.15) is 10.5 Å². The van der Waals surface area contributed by atoms with Crippen LogP contribution in [0.2, 0.25) is 10.0 Å². The monoisotopic (exact) mass is 468 g/mol. The summed E-state index contributed by atoms with van der Waals surface area (Å²) >= 11 is 14.1. The first-order chi connectivity index (χ1) is 10.6. The molecule has 2 aromatic rings. The Labute approximate surface area is 158 Å². The van der Waals surface area contributed by atoms with Gasteiger partial charge in [0.1, 0.15) is 5.69 Å². The van der Waals surface area contributed by atoms with Crippen LogP contribution in [0, 0.1) is 0 Å². The predicted octanol–water partition coefficient (Wildman–Crippen LogP) is 2.94. The molecule has 0 spiro atoms. The van der Waals surface area contributed by atoms with Crippen LogP contribution in [0.3, 0.4) is 0 Å². The number of carbonyl (C=O) groups excluding carboxylic acids is 1. The van der Waals surface area contributed by atoms with Gasteiger partial charge in [-0.2, -0.15) is 0 Å². The van der Waals surface area contributed by atoms with Gasteiger partial charge in [-0.15, -0.1) is 0 Å². The number of pyridine rings is 1. The first-order valence-electron chi connectivity index (χ1n) is 6.90. The summed E-state index contributed by atoms with van der Waals surface area (Å²) in [7, 11) is 6.13. The van der Waals surface area contributed by atoms with Crippen LogP contribution in [-0.4, -0.2) is 47.4 Å². The van der Waals surface area contributed by atoms with Crippen LogP contribution < -0.4 is 10.7 Å². The number of fused-ring (bicyclic) bond motifs is 1. The van der Waals surface area contributed by atoms with Gasteiger partial charge < -0.3 is 9.80 Å². The number of hydrogen-bond donors (Lipinski definition) is 1. The van der Waals surface area contributed by atoms with E-state index >= 15 is 0 Å². The van der Waals surface area contributed by atoms with Gasteiger partial charge in [0.2, 0.25) is 0 Å². The van der Waals surface area contributed by atoms with Gasteiger partial charge in [0, 0.05) is 11.1 Å². The Morgan fingerprint density at radius 2 is 1.91 bits per heavy atom. The fourth-order valence-corrected chi connectivity index (χ4v) is 3.41. The first-order valence-corrected chi connectivity index (χ1v) is 8.62. The van der Waals surface area contributed by atoms with E-state index in [1.807, 2.05) is 44.0 Å². The third-order valence-electron chi connectivity index (χ3n) is 3.27. The summed E-state index contributed by atoms with van der Waals surface area (Å²) in [5.74, 6) is -0.303. The van der Waals surface area contributed by atoms with Crippen molar-refractivity contribution in [2.75, 3.05) is 34.2 Å². The highest BCUT2D eigenvalue weighted by atomic mass is 127. The molecule has 0 radical (unpaired) electrons.